The van der Waals surface area contributed by atoms with Gasteiger partial charge in [0, 0.05) is 5.02 Å². The van der Waals surface area contributed by atoms with Gasteiger partial charge < -0.3 is 9.84 Å². The van der Waals surface area contributed by atoms with Gasteiger partial charge in [-0.3, -0.25) is 0 Å². The van der Waals surface area contributed by atoms with Crippen molar-refractivity contribution < 1.29 is 9.84 Å². The number of thiazole rings is 1. The summed E-state index contributed by atoms with van der Waals surface area (Å²) in [6.07, 6.45) is 1.72. The van der Waals surface area contributed by atoms with Crippen molar-refractivity contribution in [1.29, 1.82) is 5.26 Å². The second kappa shape index (κ2) is 6.91. The molecule has 0 unspecified atom stereocenters. The minimum absolute atomic E-state index is 0.0714. The molecule has 3 aromatic rings. The predicted molar refractivity (Wildman–Crippen MR) is 97.4 cm³/mol. The molecule has 0 fully saturated rings. The highest BCUT2D eigenvalue weighted by Crippen LogP contribution is 2.32. The van der Waals surface area contributed by atoms with Crippen LogP contribution < -0.4 is 4.74 Å². The number of halogens is 1. The molecule has 3 rings (SSSR count). The molecule has 24 heavy (non-hydrogen) atoms. The Morgan fingerprint density at radius 1 is 1.38 bits per heavy atom. The number of phenols is 1. The lowest BCUT2D eigenvalue weighted by molar-refractivity contribution is 0.318. The maximum atomic E-state index is 9.76. The van der Waals surface area contributed by atoms with E-state index in [1.165, 1.54) is 11.3 Å². The van der Waals surface area contributed by atoms with Gasteiger partial charge in [-0.15, -0.1) is 11.3 Å². The molecule has 0 aliphatic carbocycles. The molecule has 1 aromatic heterocycles. The van der Waals surface area contributed by atoms with Gasteiger partial charge >= 0.3 is 0 Å². The summed E-state index contributed by atoms with van der Waals surface area (Å²) in [5.74, 6) is 0.460. The number of rotatable bonds is 4. The third-order valence-electron chi connectivity index (χ3n) is 3.30. The van der Waals surface area contributed by atoms with E-state index in [2.05, 4.69) is 11.1 Å². The van der Waals surface area contributed by atoms with E-state index in [0.29, 0.717) is 28.0 Å². The molecule has 1 N–H and O–H groups in total. The lowest BCUT2D eigenvalue weighted by atomic mass is 10.1. The minimum atomic E-state index is 0.0714. The fraction of sp³-hybridized carbons (Fsp3) is 0.111. The van der Waals surface area contributed by atoms with Gasteiger partial charge in [-0.25, -0.2) is 4.98 Å². The Labute approximate surface area is 148 Å². The molecule has 0 amide bonds. The summed E-state index contributed by atoms with van der Waals surface area (Å²) in [6.45, 7) is 2.29. The van der Waals surface area contributed by atoms with Crippen molar-refractivity contribution in [3.63, 3.8) is 0 Å². The topological polar surface area (TPSA) is 66.1 Å². The van der Waals surface area contributed by atoms with E-state index >= 15 is 0 Å². The third-order valence-corrected chi connectivity index (χ3v) is 4.60. The van der Waals surface area contributed by atoms with E-state index in [9.17, 15) is 10.4 Å². The first-order valence-corrected chi connectivity index (χ1v) is 8.44. The van der Waals surface area contributed by atoms with Crippen LogP contribution in [0.4, 0.5) is 0 Å². The van der Waals surface area contributed by atoms with Gasteiger partial charge in [0.05, 0.1) is 22.4 Å². The van der Waals surface area contributed by atoms with Gasteiger partial charge in [0.15, 0.2) is 11.5 Å². The molecule has 0 atom stereocenters. The number of aromatic nitrogens is 1. The largest absolute Gasteiger partial charge is 0.504 e. The first kappa shape index (κ1) is 16.3. The number of hydrogen-bond acceptors (Lipinski definition) is 5. The summed E-state index contributed by atoms with van der Waals surface area (Å²) in [6, 6.07) is 12.6. The van der Waals surface area contributed by atoms with Crippen LogP contribution in [0.25, 0.3) is 21.9 Å². The second-order valence-corrected chi connectivity index (χ2v) is 6.43. The molecular weight excluding hydrogens is 344 g/mol. The molecule has 0 aliphatic rings. The Morgan fingerprint density at radius 3 is 2.96 bits per heavy atom. The van der Waals surface area contributed by atoms with Crippen molar-refractivity contribution in [2.24, 2.45) is 0 Å². The van der Waals surface area contributed by atoms with E-state index < -0.39 is 0 Å². The molecule has 120 valence electrons. The molecule has 6 heteroatoms. The predicted octanol–water partition coefficient (Wildman–Crippen LogP) is 5.12. The summed E-state index contributed by atoms with van der Waals surface area (Å²) < 4.78 is 6.34. The fourth-order valence-electron chi connectivity index (χ4n) is 2.22. The van der Waals surface area contributed by atoms with E-state index in [-0.39, 0.29) is 5.75 Å². The van der Waals surface area contributed by atoms with Gasteiger partial charge in [-0.05, 0) is 48.9 Å². The van der Waals surface area contributed by atoms with Crippen LogP contribution >= 0.6 is 22.9 Å². The third kappa shape index (κ3) is 3.35. The summed E-state index contributed by atoms with van der Waals surface area (Å²) in [5.41, 5.74) is 1.97. The first-order chi connectivity index (χ1) is 11.6. The van der Waals surface area contributed by atoms with Gasteiger partial charge in [0.2, 0.25) is 0 Å². The molecular formula is C18H13ClN2O2S. The van der Waals surface area contributed by atoms with Crippen LogP contribution in [0.5, 0.6) is 11.5 Å². The molecule has 0 spiro atoms. The van der Waals surface area contributed by atoms with Crippen LogP contribution in [0.15, 0.2) is 36.4 Å². The highest BCUT2D eigenvalue weighted by atomic mass is 35.5. The molecule has 1 heterocycles. The van der Waals surface area contributed by atoms with Crippen molar-refractivity contribution in [3.8, 4) is 17.6 Å². The fourth-order valence-corrected chi connectivity index (χ4v) is 3.29. The zero-order valence-corrected chi connectivity index (χ0v) is 14.4. The number of ether oxygens (including phenoxy) is 1. The quantitative estimate of drug-likeness (QED) is 0.659. The van der Waals surface area contributed by atoms with Crippen molar-refractivity contribution in [2.45, 2.75) is 6.92 Å². The molecule has 0 saturated carbocycles. The number of fused-ring (bicyclic) bond motifs is 1. The summed E-state index contributed by atoms with van der Waals surface area (Å²) in [7, 11) is 0. The van der Waals surface area contributed by atoms with E-state index in [1.807, 2.05) is 13.0 Å². The van der Waals surface area contributed by atoms with Crippen molar-refractivity contribution in [1.82, 2.24) is 4.98 Å². The number of nitrogens with zero attached hydrogens (tertiary/aromatic N) is 2. The van der Waals surface area contributed by atoms with E-state index in [4.69, 9.17) is 16.3 Å². The van der Waals surface area contributed by atoms with Crippen LogP contribution in [0.1, 0.15) is 17.5 Å². The maximum absolute atomic E-state index is 9.76. The van der Waals surface area contributed by atoms with Crippen LogP contribution in [-0.2, 0) is 0 Å². The van der Waals surface area contributed by atoms with Gasteiger partial charge in [0.1, 0.15) is 11.1 Å². The number of allylic oxidation sites excluding steroid dienone is 1. The Kier molecular flexibility index (Phi) is 4.70. The van der Waals surface area contributed by atoms with Crippen molar-refractivity contribution in [2.75, 3.05) is 6.61 Å². The summed E-state index contributed by atoms with van der Waals surface area (Å²) >= 11 is 7.41. The number of aromatic hydroxyl groups is 1. The highest BCUT2D eigenvalue weighted by Gasteiger charge is 2.10. The normalized spacial score (nSPS) is 11.5. The monoisotopic (exact) mass is 356 g/mol. The molecule has 2 aromatic carbocycles. The Balaban J connectivity index is 2.02. The average molecular weight is 357 g/mol. The lowest BCUT2D eigenvalue weighted by Crippen LogP contribution is -1.92. The minimum Gasteiger partial charge on any atom is -0.504 e. The van der Waals surface area contributed by atoms with Crippen LogP contribution in [0.3, 0.4) is 0 Å². The van der Waals surface area contributed by atoms with Gasteiger partial charge in [-0.1, -0.05) is 17.7 Å². The van der Waals surface area contributed by atoms with Crippen molar-refractivity contribution >= 4 is 44.8 Å². The summed E-state index contributed by atoms with van der Waals surface area (Å²) in [5, 5.41) is 20.5. The van der Waals surface area contributed by atoms with E-state index in [0.717, 1.165) is 15.8 Å². The van der Waals surface area contributed by atoms with Gasteiger partial charge in [-0.2, -0.15) is 5.26 Å². The Morgan fingerprint density at radius 2 is 2.21 bits per heavy atom. The second-order valence-electron chi connectivity index (χ2n) is 4.96. The number of benzene rings is 2. The van der Waals surface area contributed by atoms with Crippen LogP contribution in [0.2, 0.25) is 5.02 Å². The smallest absolute Gasteiger partial charge is 0.161 e. The average Bonchev–Trinajstić information content (AvgIpc) is 2.98. The molecule has 0 aliphatic heterocycles. The van der Waals surface area contributed by atoms with Gasteiger partial charge in [0.25, 0.3) is 0 Å². The molecule has 4 nitrogen and oxygen atoms in total. The highest BCUT2D eigenvalue weighted by molar-refractivity contribution is 7.19. The zero-order valence-electron chi connectivity index (χ0n) is 12.8. The zero-order chi connectivity index (χ0) is 17.1. The molecule has 0 bridgehead atoms. The molecule has 0 radical (unpaired) electrons. The lowest BCUT2D eigenvalue weighted by Gasteiger charge is -2.06. The maximum Gasteiger partial charge on any atom is 0.161 e. The number of hydrogen-bond donors (Lipinski definition) is 1. The SMILES string of the molecule is CCOc1cc(/C=C(\C#N)c2nc3cc(Cl)ccc3s2)ccc1O. The van der Waals surface area contributed by atoms with Crippen LogP contribution in [0, 0.1) is 11.3 Å². The first-order valence-electron chi connectivity index (χ1n) is 7.24. The number of phenolic OH excluding ortho intramolecular Hbond substituents is 1. The summed E-state index contributed by atoms with van der Waals surface area (Å²) in [4.78, 5) is 4.48. The van der Waals surface area contributed by atoms with E-state index in [1.54, 1.807) is 36.4 Å². The van der Waals surface area contributed by atoms with Crippen molar-refractivity contribution in [3.05, 3.63) is 52.0 Å². The van der Waals surface area contributed by atoms with Crippen LogP contribution in [-0.4, -0.2) is 16.7 Å². The standard InChI is InChI=1S/C18H13ClN2O2S/c1-2-23-16-8-11(3-5-15(16)22)7-12(10-20)18-21-14-9-13(19)4-6-17(14)24-18/h3-9,22H,2H2,1H3/b12-7+. The number of nitriles is 1. The molecule has 0 saturated heterocycles. The Hall–Kier alpha value is -2.55. The Bertz CT molecular complexity index is 973.